The predicted octanol–water partition coefficient (Wildman–Crippen LogP) is 2.50. The van der Waals surface area contributed by atoms with Gasteiger partial charge >= 0.3 is 0 Å². The molecule has 0 unspecified atom stereocenters. The van der Waals surface area contributed by atoms with Crippen molar-refractivity contribution in [2.75, 3.05) is 11.9 Å². The molecule has 0 radical (unpaired) electrons. The second-order valence-corrected chi connectivity index (χ2v) is 4.50. The molecule has 0 aliphatic carbocycles. The molecule has 0 atom stereocenters. The molecule has 2 aromatic rings. The minimum atomic E-state index is 0.707. The summed E-state index contributed by atoms with van der Waals surface area (Å²) < 4.78 is 1.86. The van der Waals surface area contributed by atoms with Crippen LogP contribution in [0.15, 0.2) is 18.5 Å². The Labute approximate surface area is 95.7 Å². The highest BCUT2D eigenvalue weighted by molar-refractivity contribution is 5.67. The lowest BCUT2D eigenvalue weighted by atomic mass is 10.1. The maximum Gasteiger partial charge on any atom is 0.152 e. The van der Waals surface area contributed by atoms with E-state index in [4.69, 9.17) is 0 Å². The molecule has 0 aliphatic heterocycles. The molecule has 16 heavy (non-hydrogen) atoms. The fourth-order valence-corrected chi connectivity index (χ4v) is 1.66. The summed E-state index contributed by atoms with van der Waals surface area (Å²) in [5, 5.41) is 7.71. The molecule has 0 aromatic carbocycles. The summed E-state index contributed by atoms with van der Waals surface area (Å²) in [6.45, 7) is 7.39. The molecule has 2 aromatic heterocycles. The van der Waals surface area contributed by atoms with Crippen LogP contribution in [0.4, 0.5) is 5.82 Å². The molecule has 4 nitrogen and oxygen atoms in total. The third kappa shape index (κ3) is 2.32. The first-order valence-electron chi connectivity index (χ1n) is 5.71. The fraction of sp³-hybridized carbons (Fsp3) is 0.500. The van der Waals surface area contributed by atoms with Gasteiger partial charge in [-0.1, -0.05) is 13.8 Å². The monoisotopic (exact) mass is 218 g/mol. The summed E-state index contributed by atoms with van der Waals surface area (Å²) in [7, 11) is 0. The third-order valence-corrected chi connectivity index (χ3v) is 2.53. The normalized spacial score (nSPS) is 11.2. The van der Waals surface area contributed by atoms with Gasteiger partial charge in [-0.2, -0.15) is 5.10 Å². The van der Waals surface area contributed by atoms with Crippen molar-refractivity contribution in [1.82, 2.24) is 14.6 Å². The summed E-state index contributed by atoms with van der Waals surface area (Å²) >= 11 is 0. The first-order chi connectivity index (χ1) is 7.66. The quantitative estimate of drug-likeness (QED) is 0.857. The number of fused-ring (bicyclic) bond motifs is 1. The molecule has 2 rings (SSSR count). The van der Waals surface area contributed by atoms with Crippen LogP contribution in [-0.4, -0.2) is 21.1 Å². The molecule has 0 aliphatic rings. The molecule has 86 valence electrons. The second kappa shape index (κ2) is 4.51. The Balaban J connectivity index is 2.17. The molecule has 2 heterocycles. The first kappa shape index (κ1) is 10.9. The first-order valence-corrected chi connectivity index (χ1v) is 5.71. The summed E-state index contributed by atoms with van der Waals surface area (Å²) in [4.78, 5) is 4.35. The van der Waals surface area contributed by atoms with Crippen LogP contribution in [0.5, 0.6) is 0 Å². The molecule has 0 amide bonds. The van der Waals surface area contributed by atoms with E-state index >= 15 is 0 Å². The highest BCUT2D eigenvalue weighted by Gasteiger charge is 2.04. The van der Waals surface area contributed by atoms with Crippen LogP contribution >= 0.6 is 0 Å². The van der Waals surface area contributed by atoms with Gasteiger partial charge in [-0.25, -0.2) is 9.50 Å². The lowest BCUT2D eigenvalue weighted by Gasteiger charge is -2.08. The number of hydrogen-bond acceptors (Lipinski definition) is 3. The number of hydrogen-bond donors (Lipinski definition) is 1. The number of nitrogens with one attached hydrogen (secondary N) is 1. The van der Waals surface area contributed by atoms with Crippen molar-refractivity contribution in [3.05, 3.63) is 24.2 Å². The van der Waals surface area contributed by atoms with Crippen molar-refractivity contribution in [3.63, 3.8) is 0 Å². The van der Waals surface area contributed by atoms with Crippen molar-refractivity contribution in [2.24, 2.45) is 5.92 Å². The average molecular weight is 218 g/mol. The minimum Gasteiger partial charge on any atom is -0.368 e. The number of nitrogens with zero attached hydrogens (tertiary/aromatic N) is 3. The van der Waals surface area contributed by atoms with Gasteiger partial charge in [0.25, 0.3) is 0 Å². The number of anilines is 1. The number of aromatic nitrogens is 3. The largest absolute Gasteiger partial charge is 0.368 e. The lowest BCUT2D eigenvalue weighted by Crippen LogP contribution is -2.07. The zero-order valence-electron chi connectivity index (χ0n) is 10.1. The summed E-state index contributed by atoms with van der Waals surface area (Å²) in [6.07, 6.45) is 4.79. The minimum absolute atomic E-state index is 0.707. The molecule has 0 saturated heterocycles. The van der Waals surface area contributed by atoms with Crippen LogP contribution in [0, 0.1) is 12.8 Å². The molecular weight excluding hydrogens is 200 g/mol. The smallest absolute Gasteiger partial charge is 0.152 e. The number of rotatable bonds is 4. The van der Waals surface area contributed by atoms with E-state index in [-0.39, 0.29) is 0 Å². The van der Waals surface area contributed by atoms with Gasteiger partial charge in [0, 0.05) is 18.9 Å². The SMILES string of the molecule is Cc1cc2c(NCCC(C)C)nccn2n1. The maximum absolute atomic E-state index is 4.35. The molecule has 1 N–H and O–H groups in total. The van der Waals surface area contributed by atoms with Gasteiger partial charge in [0.05, 0.1) is 5.69 Å². The van der Waals surface area contributed by atoms with E-state index in [1.165, 1.54) is 0 Å². The molecular formula is C12H18N4. The van der Waals surface area contributed by atoms with Crippen LogP contribution in [0.3, 0.4) is 0 Å². The third-order valence-electron chi connectivity index (χ3n) is 2.53. The van der Waals surface area contributed by atoms with Gasteiger partial charge in [0.1, 0.15) is 5.52 Å². The highest BCUT2D eigenvalue weighted by atomic mass is 15.2. The van der Waals surface area contributed by atoms with Gasteiger partial charge < -0.3 is 5.32 Å². The Bertz CT molecular complexity index is 473. The number of aryl methyl sites for hydroxylation is 1. The van der Waals surface area contributed by atoms with Crippen LogP contribution < -0.4 is 5.32 Å². The Morgan fingerprint density at radius 2 is 2.25 bits per heavy atom. The molecule has 0 spiro atoms. The van der Waals surface area contributed by atoms with Gasteiger partial charge in [-0.15, -0.1) is 0 Å². The molecule has 4 heteroatoms. The van der Waals surface area contributed by atoms with Crippen LogP contribution in [-0.2, 0) is 0 Å². The van der Waals surface area contributed by atoms with E-state index in [1.54, 1.807) is 6.20 Å². The van der Waals surface area contributed by atoms with Crippen LogP contribution in [0.1, 0.15) is 26.0 Å². The van der Waals surface area contributed by atoms with Crippen molar-refractivity contribution in [3.8, 4) is 0 Å². The predicted molar refractivity (Wildman–Crippen MR) is 65.7 cm³/mol. The summed E-state index contributed by atoms with van der Waals surface area (Å²) in [5.74, 6) is 1.63. The van der Waals surface area contributed by atoms with Crippen molar-refractivity contribution in [2.45, 2.75) is 27.2 Å². The van der Waals surface area contributed by atoms with Crippen LogP contribution in [0.25, 0.3) is 5.52 Å². The molecule has 0 saturated carbocycles. The molecule has 0 bridgehead atoms. The Morgan fingerprint density at radius 3 is 3.00 bits per heavy atom. The van der Waals surface area contributed by atoms with E-state index in [1.807, 2.05) is 23.7 Å². The van der Waals surface area contributed by atoms with E-state index in [2.05, 4.69) is 29.2 Å². The zero-order chi connectivity index (χ0) is 11.5. The average Bonchev–Trinajstić information content (AvgIpc) is 2.58. The Morgan fingerprint density at radius 1 is 1.44 bits per heavy atom. The summed E-state index contributed by atoms with van der Waals surface area (Å²) in [5.41, 5.74) is 2.06. The van der Waals surface area contributed by atoms with Gasteiger partial charge in [-0.05, 0) is 25.3 Å². The fourth-order valence-electron chi connectivity index (χ4n) is 1.66. The Hall–Kier alpha value is -1.58. The van der Waals surface area contributed by atoms with Gasteiger partial charge in [0.15, 0.2) is 5.82 Å². The van der Waals surface area contributed by atoms with Crippen LogP contribution in [0.2, 0.25) is 0 Å². The zero-order valence-corrected chi connectivity index (χ0v) is 10.1. The van der Waals surface area contributed by atoms with E-state index in [0.717, 1.165) is 30.0 Å². The van der Waals surface area contributed by atoms with Gasteiger partial charge in [-0.3, -0.25) is 0 Å². The van der Waals surface area contributed by atoms with Gasteiger partial charge in [0.2, 0.25) is 0 Å². The van der Waals surface area contributed by atoms with E-state index in [0.29, 0.717) is 5.92 Å². The standard InChI is InChI=1S/C12H18N4/c1-9(2)4-5-13-12-11-8-10(3)15-16(11)7-6-14-12/h6-9H,4-5H2,1-3H3,(H,13,14). The van der Waals surface area contributed by atoms with Crippen molar-refractivity contribution >= 4 is 11.3 Å². The van der Waals surface area contributed by atoms with E-state index in [9.17, 15) is 0 Å². The Kier molecular flexibility index (Phi) is 3.08. The summed E-state index contributed by atoms with van der Waals surface area (Å²) in [6, 6.07) is 2.05. The lowest BCUT2D eigenvalue weighted by molar-refractivity contribution is 0.606. The topological polar surface area (TPSA) is 42.2 Å². The molecule has 0 fully saturated rings. The second-order valence-electron chi connectivity index (χ2n) is 4.50. The van der Waals surface area contributed by atoms with E-state index < -0.39 is 0 Å². The maximum atomic E-state index is 4.35. The van der Waals surface area contributed by atoms with Crippen molar-refractivity contribution < 1.29 is 0 Å². The highest BCUT2D eigenvalue weighted by Crippen LogP contribution is 2.14. The van der Waals surface area contributed by atoms with Crippen molar-refractivity contribution in [1.29, 1.82) is 0 Å².